The van der Waals surface area contributed by atoms with Crippen LogP contribution in [0.2, 0.25) is 0 Å². The fourth-order valence-corrected chi connectivity index (χ4v) is 2.41. The van der Waals surface area contributed by atoms with Gasteiger partial charge in [0.1, 0.15) is 0 Å². The summed E-state index contributed by atoms with van der Waals surface area (Å²) in [7, 11) is 0. The largest absolute Gasteiger partial charge is 0.375 e. The van der Waals surface area contributed by atoms with E-state index in [2.05, 4.69) is 44.8 Å². The molecule has 1 N–H and O–H groups in total. The van der Waals surface area contributed by atoms with Gasteiger partial charge in [0.15, 0.2) is 0 Å². The van der Waals surface area contributed by atoms with E-state index in [1.165, 1.54) is 6.42 Å². The standard InChI is InChI=1S/C13H28N2O/c1-6-12-9-15(11(3)8-14-12)10-13(4,5)16-7-2/h11-12,14H,6-10H2,1-5H3. The minimum Gasteiger partial charge on any atom is -0.375 e. The molecule has 3 nitrogen and oxygen atoms in total. The van der Waals surface area contributed by atoms with E-state index < -0.39 is 0 Å². The van der Waals surface area contributed by atoms with Crippen molar-refractivity contribution in [3.8, 4) is 0 Å². The molecule has 1 fully saturated rings. The number of ether oxygens (including phenoxy) is 1. The molecule has 0 aromatic heterocycles. The van der Waals surface area contributed by atoms with Gasteiger partial charge in [0.25, 0.3) is 0 Å². The summed E-state index contributed by atoms with van der Waals surface area (Å²) in [6, 6.07) is 1.26. The zero-order chi connectivity index (χ0) is 12.2. The van der Waals surface area contributed by atoms with E-state index in [0.717, 1.165) is 26.2 Å². The lowest BCUT2D eigenvalue weighted by molar-refractivity contribution is -0.0471. The zero-order valence-corrected chi connectivity index (χ0v) is 11.5. The fraction of sp³-hybridized carbons (Fsp3) is 1.00. The first-order chi connectivity index (χ1) is 7.48. The number of nitrogens with zero attached hydrogens (tertiary/aromatic N) is 1. The number of hydrogen-bond donors (Lipinski definition) is 1. The number of rotatable bonds is 5. The Morgan fingerprint density at radius 3 is 2.62 bits per heavy atom. The molecule has 2 unspecified atom stereocenters. The second kappa shape index (κ2) is 5.99. The lowest BCUT2D eigenvalue weighted by atomic mass is 10.0. The summed E-state index contributed by atoms with van der Waals surface area (Å²) in [6.45, 7) is 15.1. The summed E-state index contributed by atoms with van der Waals surface area (Å²) in [4.78, 5) is 2.56. The van der Waals surface area contributed by atoms with E-state index in [0.29, 0.717) is 12.1 Å². The smallest absolute Gasteiger partial charge is 0.0752 e. The number of piperazine rings is 1. The van der Waals surface area contributed by atoms with Crippen LogP contribution in [0.25, 0.3) is 0 Å². The van der Waals surface area contributed by atoms with Crippen molar-refractivity contribution in [1.29, 1.82) is 0 Å². The van der Waals surface area contributed by atoms with Crippen molar-refractivity contribution in [3.05, 3.63) is 0 Å². The maximum absolute atomic E-state index is 5.79. The van der Waals surface area contributed by atoms with Crippen molar-refractivity contribution in [1.82, 2.24) is 10.2 Å². The molecule has 0 amide bonds. The zero-order valence-electron chi connectivity index (χ0n) is 11.5. The molecule has 1 aliphatic heterocycles. The third-order valence-corrected chi connectivity index (χ3v) is 3.39. The van der Waals surface area contributed by atoms with Gasteiger partial charge >= 0.3 is 0 Å². The van der Waals surface area contributed by atoms with E-state index in [1.807, 2.05) is 0 Å². The molecule has 0 aromatic carbocycles. The van der Waals surface area contributed by atoms with E-state index in [4.69, 9.17) is 4.74 Å². The highest BCUT2D eigenvalue weighted by molar-refractivity contribution is 4.86. The Kier molecular flexibility index (Phi) is 5.22. The predicted molar refractivity (Wildman–Crippen MR) is 68.8 cm³/mol. The van der Waals surface area contributed by atoms with Crippen molar-refractivity contribution in [3.63, 3.8) is 0 Å². The van der Waals surface area contributed by atoms with Gasteiger partial charge in [-0.15, -0.1) is 0 Å². The average Bonchev–Trinajstić information content (AvgIpc) is 2.21. The summed E-state index contributed by atoms with van der Waals surface area (Å²) >= 11 is 0. The first kappa shape index (κ1) is 13.9. The fourth-order valence-electron chi connectivity index (χ4n) is 2.41. The average molecular weight is 228 g/mol. The van der Waals surface area contributed by atoms with Crippen molar-refractivity contribution >= 4 is 0 Å². The monoisotopic (exact) mass is 228 g/mol. The molecule has 0 aromatic rings. The molecule has 0 radical (unpaired) electrons. The van der Waals surface area contributed by atoms with E-state index in [-0.39, 0.29) is 5.60 Å². The lowest BCUT2D eigenvalue weighted by Crippen LogP contribution is -2.58. The topological polar surface area (TPSA) is 24.5 Å². The van der Waals surface area contributed by atoms with Gasteiger partial charge in [-0.2, -0.15) is 0 Å². The van der Waals surface area contributed by atoms with Crippen LogP contribution in [0.15, 0.2) is 0 Å². The van der Waals surface area contributed by atoms with Crippen LogP contribution in [0.3, 0.4) is 0 Å². The molecular weight excluding hydrogens is 200 g/mol. The van der Waals surface area contributed by atoms with Crippen LogP contribution in [-0.4, -0.2) is 48.8 Å². The predicted octanol–water partition coefficient (Wildman–Crippen LogP) is 1.87. The van der Waals surface area contributed by atoms with Gasteiger partial charge in [-0.3, -0.25) is 4.90 Å². The van der Waals surface area contributed by atoms with Gasteiger partial charge in [0.2, 0.25) is 0 Å². The molecule has 0 spiro atoms. The quantitative estimate of drug-likeness (QED) is 0.777. The molecule has 0 saturated carbocycles. The summed E-state index contributed by atoms with van der Waals surface area (Å²) in [5, 5.41) is 3.58. The third kappa shape index (κ3) is 4.04. The molecule has 16 heavy (non-hydrogen) atoms. The minimum absolute atomic E-state index is 0.0291. The van der Waals surface area contributed by atoms with Crippen LogP contribution >= 0.6 is 0 Å². The Morgan fingerprint density at radius 2 is 2.06 bits per heavy atom. The van der Waals surface area contributed by atoms with E-state index >= 15 is 0 Å². The van der Waals surface area contributed by atoms with Crippen molar-refractivity contribution < 1.29 is 4.74 Å². The van der Waals surface area contributed by atoms with Crippen LogP contribution in [0.5, 0.6) is 0 Å². The minimum atomic E-state index is -0.0291. The summed E-state index contributed by atoms with van der Waals surface area (Å²) in [5.74, 6) is 0. The van der Waals surface area contributed by atoms with Crippen LogP contribution in [0.1, 0.15) is 41.0 Å². The van der Waals surface area contributed by atoms with Gasteiger partial charge < -0.3 is 10.1 Å². The Balaban J connectivity index is 2.50. The van der Waals surface area contributed by atoms with Gasteiger partial charge in [0.05, 0.1) is 5.60 Å². The molecule has 1 aliphatic rings. The molecule has 1 rings (SSSR count). The van der Waals surface area contributed by atoms with E-state index in [1.54, 1.807) is 0 Å². The molecular formula is C13H28N2O. The summed E-state index contributed by atoms with van der Waals surface area (Å²) in [6.07, 6.45) is 1.21. The van der Waals surface area contributed by atoms with Crippen LogP contribution < -0.4 is 5.32 Å². The van der Waals surface area contributed by atoms with E-state index in [9.17, 15) is 0 Å². The Bertz CT molecular complexity index is 206. The van der Waals surface area contributed by atoms with Gasteiger partial charge in [-0.1, -0.05) is 6.92 Å². The normalized spacial score (nSPS) is 28.3. The van der Waals surface area contributed by atoms with Crippen molar-refractivity contribution in [2.75, 3.05) is 26.2 Å². The highest BCUT2D eigenvalue weighted by Gasteiger charge is 2.29. The Labute approximate surface area is 101 Å². The molecule has 96 valence electrons. The van der Waals surface area contributed by atoms with Crippen molar-refractivity contribution in [2.24, 2.45) is 0 Å². The van der Waals surface area contributed by atoms with Gasteiger partial charge in [0, 0.05) is 38.3 Å². The van der Waals surface area contributed by atoms with Crippen LogP contribution in [0, 0.1) is 0 Å². The molecule has 1 heterocycles. The van der Waals surface area contributed by atoms with Crippen LogP contribution in [-0.2, 0) is 4.74 Å². The molecule has 0 aliphatic carbocycles. The first-order valence-electron chi connectivity index (χ1n) is 6.60. The highest BCUT2D eigenvalue weighted by atomic mass is 16.5. The second-order valence-corrected chi connectivity index (χ2v) is 5.48. The highest BCUT2D eigenvalue weighted by Crippen LogP contribution is 2.16. The lowest BCUT2D eigenvalue weighted by Gasteiger charge is -2.42. The maximum atomic E-state index is 5.79. The van der Waals surface area contributed by atoms with Crippen LogP contribution in [0.4, 0.5) is 0 Å². The summed E-state index contributed by atoms with van der Waals surface area (Å²) < 4.78 is 5.79. The van der Waals surface area contributed by atoms with Gasteiger partial charge in [-0.05, 0) is 34.1 Å². The molecule has 2 atom stereocenters. The molecule has 0 bridgehead atoms. The maximum Gasteiger partial charge on any atom is 0.0752 e. The summed E-state index contributed by atoms with van der Waals surface area (Å²) in [5.41, 5.74) is -0.0291. The second-order valence-electron chi connectivity index (χ2n) is 5.48. The molecule has 3 heteroatoms. The third-order valence-electron chi connectivity index (χ3n) is 3.39. The Morgan fingerprint density at radius 1 is 1.38 bits per heavy atom. The first-order valence-corrected chi connectivity index (χ1v) is 6.60. The SMILES string of the molecule is CCOC(C)(C)CN1CC(CC)NCC1C. The number of nitrogens with one attached hydrogen (secondary N) is 1. The number of hydrogen-bond acceptors (Lipinski definition) is 3. The Hall–Kier alpha value is -0.120. The molecule has 1 saturated heterocycles. The van der Waals surface area contributed by atoms with Crippen molar-refractivity contribution in [2.45, 2.75) is 58.7 Å². The van der Waals surface area contributed by atoms with Gasteiger partial charge in [-0.25, -0.2) is 0 Å².